The standard InChI is InChI=1S/C22H26N2O4S/c1-14(2)20(24-21(26)16-9-7-8-15(3)12-16)22(27)28-13-19(25)23-17-10-5-6-11-18(17)29-4/h5-12,14,20H,13H2,1-4H3,(H,23,25)(H,24,26)/t20-/m0/s1. The minimum absolute atomic E-state index is 0.198. The van der Waals surface area contributed by atoms with E-state index in [0.29, 0.717) is 11.3 Å². The molecule has 154 valence electrons. The molecule has 0 unspecified atom stereocenters. The van der Waals surface area contributed by atoms with Crippen molar-refractivity contribution in [3.8, 4) is 0 Å². The third kappa shape index (κ3) is 6.64. The Bertz CT molecular complexity index is 883. The van der Waals surface area contributed by atoms with Crippen LogP contribution in [0.1, 0.15) is 29.8 Å². The molecule has 0 spiro atoms. The van der Waals surface area contributed by atoms with Gasteiger partial charge in [0.05, 0.1) is 5.69 Å². The summed E-state index contributed by atoms with van der Waals surface area (Å²) >= 11 is 1.51. The van der Waals surface area contributed by atoms with Crippen LogP contribution < -0.4 is 10.6 Å². The second-order valence-corrected chi connectivity index (χ2v) is 7.77. The first-order valence-corrected chi connectivity index (χ1v) is 10.5. The molecule has 1 atom stereocenters. The van der Waals surface area contributed by atoms with Crippen molar-refractivity contribution in [1.82, 2.24) is 5.32 Å². The number of hydrogen-bond donors (Lipinski definition) is 2. The highest BCUT2D eigenvalue weighted by atomic mass is 32.2. The monoisotopic (exact) mass is 414 g/mol. The Morgan fingerprint density at radius 2 is 1.79 bits per heavy atom. The van der Waals surface area contributed by atoms with Gasteiger partial charge in [0.25, 0.3) is 11.8 Å². The Morgan fingerprint density at radius 1 is 1.07 bits per heavy atom. The summed E-state index contributed by atoms with van der Waals surface area (Å²) in [5, 5.41) is 5.44. The van der Waals surface area contributed by atoms with Crippen LogP contribution in [0.5, 0.6) is 0 Å². The highest BCUT2D eigenvalue weighted by Crippen LogP contribution is 2.24. The van der Waals surface area contributed by atoms with Gasteiger partial charge in [-0.15, -0.1) is 11.8 Å². The zero-order chi connectivity index (χ0) is 21.4. The molecule has 6 nitrogen and oxygen atoms in total. The second kappa shape index (κ2) is 10.7. The maximum absolute atomic E-state index is 12.5. The Balaban J connectivity index is 1.95. The van der Waals surface area contributed by atoms with E-state index in [1.54, 1.807) is 38.1 Å². The highest BCUT2D eigenvalue weighted by Gasteiger charge is 2.27. The first-order chi connectivity index (χ1) is 13.8. The largest absolute Gasteiger partial charge is 0.454 e. The number of anilines is 1. The number of para-hydroxylation sites is 1. The number of carbonyl (C=O) groups is 3. The molecular weight excluding hydrogens is 388 g/mol. The van der Waals surface area contributed by atoms with Gasteiger partial charge < -0.3 is 15.4 Å². The number of esters is 1. The van der Waals surface area contributed by atoms with E-state index in [-0.39, 0.29) is 11.8 Å². The average molecular weight is 415 g/mol. The number of ether oxygens (including phenoxy) is 1. The van der Waals surface area contributed by atoms with Crippen molar-refractivity contribution in [1.29, 1.82) is 0 Å². The average Bonchev–Trinajstić information content (AvgIpc) is 2.70. The third-order valence-electron chi connectivity index (χ3n) is 4.21. The lowest BCUT2D eigenvalue weighted by Gasteiger charge is -2.21. The van der Waals surface area contributed by atoms with Gasteiger partial charge in [0.2, 0.25) is 0 Å². The summed E-state index contributed by atoms with van der Waals surface area (Å²) in [6.07, 6.45) is 1.91. The van der Waals surface area contributed by atoms with Crippen LogP contribution in [0, 0.1) is 12.8 Å². The number of amides is 2. The minimum Gasteiger partial charge on any atom is -0.454 e. The van der Waals surface area contributed by atoms with E-state index in [2.05, 4.69) is 10.6 Å². The molecule has 29 heavy (non-hydrogen) atoms. The van der Waals surface area contributed by atoms with Crippen molar-refractivity contribution in [2.24, 2.45) is 5.92 Å². The van der Waals surface area contributed by atoms with Gasteiger partial charge in [-0.3, -0.25) is 9.59 Å². The van der Waals surface area contributed by atoms with E-state index in [1.165, 1.54) is 11.8 Å². The zero-order valence-electron chi connectivity index (χ0n) is 17.0. The molecule has 0 radical (unpaired) electrons. The molecule has 2 aromatic carbocycles. The van der Waals surface area contributed by atoms with Gasteiger partial charge >= 0.3 is 5.97 Å². The lowest BCUT2D eigenvalue weighted by molar-refractivity contribution is -0.150. The molecule has 0 aliphatic carbocycles. The van der Waals surface area contributed by atoms with E-state index in [0.717, 1.165) is 10.5 Å². The molecule has 2 rings (SSSR count). The fraction of sp³-hybridized carbons (Fsp3) is 0.318. The number of nitrogens with one attached hydrogen (secondary N) is 2. The van der Waals surface area contributed by atoms with Crippen molar-refractivity contribution in [2.45, 2.75) is 31.7 Å². The van der Waals surface area contributed by atoms with Crippen LogP contribution in [0.2, 0.25) is 0 Å². The Kier molecular flexibility index (Phi) is 8.27. The van der Waals surface area contributed by atoms with E-state index in [9.17, 15) is 14.4 Å². The van der Waals surface area contributed by atoms with Crippen LogP contribution in [0.3, 0.4) is 0 Å². The first-order valence-electron chi connectivity index (χ1n) is 9.29. The molecule has 0 aliphatic heterocycles. The summed E-state index contributed by atoms with van der Waals surface area (Å²) in [7, 11) is 0. The summed E-state index contributed by atoms with van der Waals surface area (Å²) in [4.78, 5) is 38.0. The molecule has 0 bridgehead atoms. The molecule has 2 N–H and O–H groups in total. The lowest BCUT2D eigenvalue weighted by Crippen LogP contribution is -2.46. The molecule has 0 saturated carbocycles. The van der Waals surface area contributed by atoms with Crippen molar-refractivity contribution < 1.29 is 19.1 Å². The molecule has 2 amide bonds. The topological polar surface area (TPSA) is 84.5 Å². The quantitative estimate of drug-likeness (QED) is 0.509. The van der Waals surface area contributed by atoms with E-state index in [4.69, 9.17) is 4.74 Å². The maximum atomic E-state index is 12.5. The van der Waals surface area contributed by atoms with Gasteiger partial charge in [-0.2, -0.15) is 0 Å². The number of thioether (sulfide) groups is 1. The highest BCUT2D eigenvalue weighted by molar-refractivity contribution is 7.98. The molecule has 0 aromatic heterocycles. The van der Waals surface area contributed by atoms with Gasteiger partial charge in [-0.25, -0.2) is 4.79 Å². The van der Waals surface area contributed by atoms with E-state index < -0.39 is 24.5 Å². The van der Waals surface area contributed by atoms with Crippen molar-refractivity contribution >= 4 is 35.2 Å². The minimum atomic E-state index is -0.853. The Morgan fingerprint density at radius 3 is 2.45 bits per heavy atom. The van der Waals surface area contributed by atoms with Crippen LogP contribution >= 0.6 is 11.8 Å². The van der Waals surface area contributed by atoms with Gasteiger partial charge in [-0.1, -0.05) is 43.7 Å². The molecule has 0 saturated heterocycles. The summed E-state index contributed by atoms with van der Waals surface area (Å²) < 4.78 is 5.16. The molecule has 0 heterocycles. The Hall–Kier alpha value is -2.80. The van der Waals surface area contributed by atoms with Crippen LogP contribution in [-0.2, 0) is 14.3 Å². The Labute approximate surface area is 175 Å². The lowest BCUT2D eigenvalue weighted by atomic mass is 10.0. The van der Waals surface area contributed by atoms with Crippen LogP contribution in [0.25, 0.3) is 0 Å². The number of hydrogen-bond acceptors (Lipinski definition) is 5. The van der Waals surface area contributed by atoms with Gasteiger partial charge in [0.1, 0.15) is 6.04 Å². The smallest absolute Gasteiger partial charge is 0.329 e. The predicted octanol–water partition coefficient (Wildman–Crippen LogP) is 3.65. The number of aryl methyl sites for hydroxylation is 1. The predicted molar refractivity (Wildman–Crippen MR) is 115 cm³/mol. The fourth-order valence-electron chi connectivity index (χ4n) is 2.67. The van der Waals surface area contributed by atoms with Gasteiger partial charge in [0.15, 0.2) is 6.61 Å². The molecular formula is C22H26N2O4S. The summed E-state index contributed by atoms with van der Waals surface area (Å²) in [5.74, 6) is -1.64. The number of benzene rings is 2. The van der Waals surface area contributed by atoms with Crippen molar-refractivity contribution in [3.05, 3.63) is 59.7 Å². The fourth-order valence-corrected chi connectivity index (χ4v) is 3.22. The van der Waals surface area contributed by atoms with Crippen LogP contribution in [0.15, 0.2) is 53.4 Å². The van der Waals surface area contributed by atoms with Crippen LogP contribution in [0.4, 0.5) is 5.69 Å². The SMILES string of the molecule is CSc1ccccc1NC(=O)COC(=O)[C@@H](NC(=O)c1cccc(C)c1)C(C)C. The van der Waals surface area contributed by atoms with Crippen molar-refractivity contribution in [2.75, 3.05) is 18.2 Å². The third-order valence-corrected chi connectivity index (χ3v) is 5.01. The summed E-state index contributed by atoms with van der Waals surface area (Å²) in [6.45, 7) is 5.07. The normalized spacial score (nSPS) is 11.6. The summed E-state index contributed by atoms with van der Waals surface area (Å²) in [6, 6.07) is 13.6. The first kappa shape index (κ1) is 22.5. The molecule has 2 aromatic rings. The number of rotatable bonds is 8. The number of carbonyl (C=O) groups excluding carboxylic acids is 3. The van der Waals surface area contributed by atoms with E-state index in [1.807, 2.05) is 37.4 Å². The molecule has 7 heteroatoms. The van der Waals surface area contributed by atoms with Gasteiger partial charge in [0, 0.05) is 10.5 Å². The summed E-state index contributed by atoms with van der Waals surface area (Å²) in [5.41, 5.74) is 2.08. The van der Waals surface area contributed by atoms with Crippen molar-refractivity contribution in [3.63, 3.8) is 0 Å². The zero-order valence-corrected chi connectivity index (χ0v) is 17.8. The second-order valence-electron chi connectivity index (χ2n) is 6.92. The van der Waals surface area contributed by atoms with Gasteiger partial charge in [-0.05, 0) is 43.4 Å². The van der Waals surface area contributed by atoms with E-state index >= 15 is 0 Å². The maximum Gasteiger partial charge on any atom is 0.329 e. The van der Waals surface area contributed by atoms with Crippen LogP contribution in [-0.4, -0.2) is 36.7 Å². The molecule has 0 fully saturated rings. The molecule has 0 aliphatic rings.